The normalized spacial score (nSPS) is 14.6. The van der Waals surface area contributed by atoms with Crippen LogP contribution in [-0.2, 0) is 24.2 Å². The van der Waals surface area contributed by atoms with Gasteiger partial charge in [0.05, 0.1) is 36.7 Å². The number of hydrogen-bond donors (Lipinski definition) is 1. The lowest BCUT2D eigenvalue weighted by atomic mass is 9.91. The summed E-state index contributed by atoms with van der Waals surface area (Å²) in [5.74, 6) is 0.953. The molecular weight excluding hydrogens is 396 g/mol. The van der Waals surface area contributed by atoms with Gasteiger partial charge in [-0.2, -0.15) is 0 Å². The summed E-state index contributed by atoms with van der Waals surface area (Å²) in [6.07, 6.45) is 3.12. The fraction of sp³-hybridized carbons (Fsp3) is 0.375. The number of aryl methyl sites for hydroxylation is 2. The number of fused-ring (bicyclic) bond motifs is 3. The minimum absolute atomic E-state index is 0.0826. The predicted molar refractivity (Wildman–Crippen MR) is 117 cm³/mol. The largest absolute Gasteiger partial charge is 0.496 e. The maximum Gasteiger partial charge on any atom is 0.340 e. The van der Waals surface area contributed by atoms with Crippen molar-refractivity contribution in [1.29, 1.82) is 0 Å². The Morgan fingerprint density at radius 1 is 1.32 bits per heavy atom. The molecule has 0 unspecified atom stereocenters. The molecule has 0 radical (unpaired) electrons. The van der Waals surface area contributed by atoms with Crippen molar-refractivity contribution in [2.24, 2.45) is 0 Å². The molecule has 0 atom stereocenters. The lowest BCUT2D eigenvalue weighted by Crippen LogP contribution is -2.32. The lowest BCUT2D eigenvalue weighted by molar-refractivity contribution is -0.120. The third-order valence-corrected chi connectivity index (χ3v) is 5.69. The third-order valence-electron chi connectivity index (χ3n) is 5.69. The molecule has 1 aliphatic heterocycles. The van der Waals surface area contributed by atoms with Gasteiger partial charge >= 0.3 is 5.63 Å². The number of amides is 1. The molecule has 0 spiro atoms. The van der Waals surface area contributed by atoms with E-state index in [1.807, 2.05) is 45.0 Å². The number of nitrogens with zero attached hydrogens (tertiary/aromatic N) is 1. The van der Waals surface area contributed by atoms with Crippen LogP contribution in [0.1, 0.15) is 42.7 Å². The third kappa shape index (κ3) is 4.13. The van der Waals surface area contributed by atoms with Gasteiger partial charge in [0.25, 0.3) is 0 Å². The number of methoxy groups -OCH3 is 1. The van der Waals surface area contributed by atoms with E-state index in [1.54, 1.807) is 13.3 Å². The Labute approximate surface area is 180 Å². The predicted octanol–water partition coefficient (Wildman–Crippen LogP) is 3.47. The molecule has 31 heavy (non-hydrogen) atoms. The van der Waals surface area contributed by atoms with Gasteiger partial charge in [0.2, 0.25) is 5.91 Å². The van der Waals surface area contributed by atoms with Crippen LogP contribution < -0.4 is 20.4 Å². The van der Waals surface area contributed by atoms with E-state index in [4.69, 9.17) is 13.9 Å². The zero-order valence-corrected chi connectivity index (χ0v) is 18.2. The number of aromatic nitrogens is 1. The van der Waals surface area contributed by atoms with Crippen LogP contribution in [0.5, 0.6) is 11.5 Å². The number of benzene rings is 1. The van der Waals surface area contributed by atoms with Crippen LogP contribution in [0.3, 0.4) is 0 Å². The highest BCUT2D eigenvalue weighted by molar-refractivity contribution is 5.93. The highest BCUT2D eigenvalue weighted by atomic mass is 16.5. The molecule has 1 amide bonds. The van der Waals surface area contributed by atoms with E-state index in [2.05, 4.69) is 10.3 Å². The molecular formula is C24H26N2O5. The van der Waals surface area contributed by atoms with Crippen molar-refractivity contribution in [3.05, 3.63) is 63.3 Å². The highest BCUT2D eigenvalue weighted by Crippen LogP contribution is 2.43. The molecule has 162 valence electrons. The molecule has 3 aromatic rings. The molecule has 0 aliphatic carbocycles. The minimum Gasteiger partial charge on any atom is -0.496 e. The van der Waals surface area contributed by atoms with Crippen molar-refractivity contribution in [1.82, 2.24) is 10.3 Å². The van der Waals surface area contributed by atoms with Gasteiger partial charge in [-0.05, 0) is 51.3 Å². The molecule has 3 heterocycles. The van der Waals surface area contributed by atoms with Gasteiger partial charge in [0, 0.05) is 17.8 Å². The summed E-state index contributed by atoms with van der Waals surface area (Å²) in [4.78, 5) is 29.5. The lowest BCUT2D eigenvalue weighted by Gasteiger charge is -2.33. The second-order valence-electron chi connectivity index (χ2n) is 8.39. The highest BCUT2D eigenvalue weighted by Gasteiger charge is 2.31. The van der Waals surface area contributed by atoms with Gasteiger partial charge in [-0.15, -0.1) is 0 Å². The fourth-order valence-corrected chi connectivity index (χ4v) is 3.96. The number of rotatable bonds is 5. The zero-order valence-electron chi connectivity index (χ0n) is 18.2. The summed E-state index contributed by atoms with van der Waals surface area (Å²) in [5.41, 5.74) is 2.27. The number of nitrogens with one attached hydrogen (secondary N) is 1. The van der Waals surface area contributed by atoms with E-state index in [0.717, 1.165) is 24.1 Å². The van der Waals surface area contributed by atoms with Gasteiger partial charge in [-0.3, -0.25) is 9.78 Å². The summed E-state index contributed by atoms with van der Waals surface area (Å²) in [5, 5.41) is 3.51. The van der Waals surface area contributed by atoms with E-state index in [1.165, 1.54) is 0 Å². The van der Waals surface area contributed by atoms with Crippen LogP contribution in [0.15, 0.2) is 39.7 Å². The van der Waals surface area contributed by atoms with E-state index in [9.17, 15) is 9.59 Å². The monoisotopic (exact) mass is 422 g/mol. The Morgan fingerprint density at radius 2 is 2.13 bits per heavy atom. The van der Waals surface area contributed by atoms with Crippen LogP contribution in [0.4, 0.5) is 0 Å². The first-order chi connectivity index (χ1) is 14.8. The van der Waals surface area contributed by atoms with Crippen LogP contribution in [0.2, 0.25) is 0 Å². The van der Waals surface area contributed by atoms with E-state index in [-0.39, 0.29) is 17.9 Å². The molecule has 4 rings (SSSR count). The number of pyridine rings is 1. The molecule has 7 heteroatoms. The maximum absolute atomic E-state index is 12.8. The smallest absolute Gasteiger partial charge is 0.340 e. The quantitative estimate of drug-likeness (QED) is 0.633. The standard InChI is InChI=1S/C24H26N2O5/c1-14-17(11-20(27)26-13-15-7-5-6-10-25-15)23(28)30-22-16-8-9-24(2,3)31-18(16)12-19(29-4)21(14)22/h5-7,10,12H,8-9,11,13H2,1-4H3,(H,26,27). The summed E-state index contributed by atoms with van der Waals surface area (Å²) in [6, 6.07) is 7.34. The van der Waals surface area contributed by atoms with E-state index < -0.39 is 5.63 Å². The summed E-state index contributed by atoms with van der Waals surface area (Å²) in [6.45, 7) is 6.17. The number of carbonyl (C=O) groups is 1. The average Bonchev–Trinajstić information content (AvgIpc) is 2.74. The first-order valence-corrected chi connectivity index (χ1v) is 10.3. The summed E-state index contributed by atoms with van der Waals surface area (Å²) >= 11 is 0. The topological polar surface area (TPSA) is 90.7 Å². The number of ether oxygens (including phenoxy) is 2. The Hall–Kier alpha value is -3.35. The summed E-state index contributed by atoms with van der Waals surface area (Å²) in [7, 11) is 1.57. The van der Waals surface area contributed by atoms with E-state index >= 15 is 0 Å². The van der Waals surface area contributed by atoms with E-state index in [0.29, 0.717) is 40.1 Å². The first kappa shape index (κ1) is 20.9. The van der Waals surface area contributed by atoms with Crippen LogP contribution >= 0.6 is 0 Å². The van der Waals surface area contributed by atoms with Crippen molar-refractivity contribution in [2.75, 3.05) is 7.11 Å². The van der Waals surface area contributed by atoms with Crippen LogP contribution in [0, 0.1) is 6.92 Å². The summed E-state index contributed by atoms with van der Waals surface area (Å²) < 4.78 is 17.4. The Morgan fingerprint density at radius 3 is 2.84 bits per heavy atom. The molecule has 7 nitrogen and oxygen atoms in total. The zero-order chi connectivity index (χ0) is 22.2. The maximum atomic E-state index is 12.8. The van der Waals surface area contributed by atoms with Crippen LogP contribution in [-0.4, -0.2) is 23.6 Å². The van der Waals surface area contributed by atoms with Gasteiger partial charge in [-0.1, -0.05) is 6.07 Å². The SMILES string of the molecule is COc1cc2c(c3oc(=O)c(CC(=O)NCc4ccccn4)c(C)c13)CCC(C)(C)O2. The minimum atomic E-state index is -0.515. The molecule has 1 aliphatic rings. The van der Waals surface area contributed by atoms with Gasteiger partial charge in [0.15, 0.2) is 0 Å². The molecule has 1 aromatic carbocycles. The average molecular weight is 422 g/mol. The number of carbonyl (C=O) groups excluding carboxylic acids is 1. The first-order valence-electron chi connectivity index (χ1n) is 10.3. The Kier molecular flexibility index (Phi) is 5.43. The fourth-order valence-electron chi connectivity index (χ4n) is 3.96. The van der Waals surface area contributed by atoms with Gasteiger partial charge in [-0.25, -0.2) is 4.79 Å². The van der Waals surface area contributed by atoms with Crippen molar-refractivity contribution in [3.8, 4) is 11.5 Å². The van der Waals surface area contributed by atoms with Crippen molar-refractivity contribution in [2.45, 2.75) is 52.2 Å². The van der Waals surface area contributed by atoms with Gasteiger partial charge in [0.1, 0.15) is 22.7 Å². The van der Waals surface area contributed by atoms with Crippen molar-refractivity contribution in [3.63, 3.8) is 0 Å². The van der Waals surface area contributed by atoms with Crippen LogP contribution in [0.25, 0.3) is 11.0 Å². The van der Waals surface area contributed by atoms with Crippen molar-refractivity contribution >= 4 is 16.9 Å². The molecule has 1 N–H and O–H groups in total. The second kappa shape index (κ2) is 8.06. The molecule has 0 saturated heterocycles. The second-order valence-corrected chi connectivity index (χ2v) is 8.39. The molecule has 0 fully saturated rings. The molecule has 0 saturated carbocycles. The Balaban J connectivity index is 1.69. The molecule has 2 aromatic heterocycles. The molecule has 0 bridgehead atoms. The van der Waals surface area contributed by atoms with Crippen molar-refractivity contribution < 1.29 is 18.7 Å². The number of hydrogen-bond acceptors (Lipinski definition) is 6. The van der Waals surface area contributed by atoms with Gasteiger partial charge < -0.3 is 19.2 Å². The Bertz CT molecular complexity index is 1200.